The molecule has 0 atom stereocenters. The van der Waals surface area contributed by atoms with Crippen LogP contribution in [0.5, 0.6) is 5.75 Å². The maximum Gasteiger partial charge on any atom is 0.276 e. The van der Waals surface area contributed by atoms with Crippen LogP contribution in [0.2, 0.25) is 0 Å². The van der Waals surface area contributed by atoms with Gasteiger partial charge in [-0.25, -0.2) is 22.3 Å². The van der Waals surface area contributed by atoms with Gasteiger partial charge in [0.2, 0.25) is 10.0 Å². The third-order valence-electron chi connectivity index (χ3n) is 6.33. The van der Waals surface area contributed by atoms with E-state index in [0.29, 0.717) is 35.6 Å². The Balaban J connectivity index is 1.70. The number of nitrogens with one attached hydrogen (secondary N) is 1. The van der Waals surface area contributed by atoms with E-state index in [1.54, 1.807) is 22.7 Å². The Morgan fingerprint density at radius 2 is 1.84 bits per heavy atom. The number of carbonyl (C=O) groups excluding carboxylic acids is 1. The van der Waals surface area contributed by atoms with E-state index in [1.807, 2.05) is 19.9 Å². The molecule has 0 unspecified atom stereocenters. The maximum absolute atomic E-state index is 13.7. The summed E-state index contributed by atoms with van der Waals surface area (Å²) < 4.78 is 49.1. The van der Waals surface area contributed by atoms with Gasteiger partial charge in [-0.2, -0.15) is 9.40 Å². The van der Waals surface area contributed by atoms with Gasteiger partial charge in [-0.15, -0.1) is 0 Å². The van der Waals surface area contributed by atoms with E-state index in [0.717, 1.165) is 18.5 Å². The second kappa shape index (κ2) is 9.56. The third-order valence-corrected chi connectivity index (χ3v) is 8.25. The fraction of sp³-hybridized carbons (Fsp3) is 0.269. The highest BCUT2D eigenvalue weighted by Crippen LogP contribution is 2.36. The summed E-state index contributed by atoms with van der Waals surface area (Å²) in [7, 11) is -2.42. The molecule has 0 aliphatic carbocycles. The molecule has 1 saturated heterocycles. The summed E-state index contributed by atoms with van der Waals surface area (Å²) in [6.07, 6.45) is 1.59. The average molecular weight is 524 g/mol. The topological polar surface area (TPSA) is 106 Å². The molecular weight excluding hydrogens is 497 g/mol. The number of rotatable bonds is 6. The van der Waals surface area contributed by atoms with E-state index < -0.39 is 21.7 Å². The van der Waals surface area contributed by atoms with Crippen molar-refractivity contribution in [1.82, 2.24) is 18.9 Å². The van der Waals surface area contributed by atoms with Gasteiger partial charge in [-0.1, -0.05) is 12.1 Å². The Kier molecular flexibility index (Phi) is 6.42. The number of aryl methyl sites for hydroxylation is 2. The lowest BCUT2D eigenvalue weighted by molar-refractivity contribution is 0.102. The van der Waals surface area contributed by atoms with Crippen LogP contribution in [0.1, 0.15) is 34.7 Å². The van der Waals surface area contributed by atoms with Gasteiger partial charge in [0.15, 0.2) is 11.3 Å². The Morgan fingerprint density at radius 3 is 2.54 bits per heavy atom. The van der Waals surface area contributed by atoms with Crippen molar-refractivity contribution in [3.63, 3.8) is 0 Å². The van der Waals surface area contributed by atoms with Crippen LogP contribution < -0.4 is 10.1 Å². The Labute approximate surface area is 213 Å². The van der Waals surface area contributed by atoms with Crippen molar-refractivity contribution in [2.45, 2.75) is 31.6 Å². The molecule has 0 saturated carbocycles. The molecule has 37 heavy (non-hydrogen) atoms. The summed E-state index contributed by atoms with van der Waals surface area (Å²) >= 11 is 0. The maximum atomic E-state index is 13.7. The summed E-state index contributed by atoms with van der Waals surface area (Å²) in [4.78, 5) is 18.0. The largest absolute Gasteiger partial charge is 0.495 e. The second-order valence-electron chi connectivity index (χ2n) is 8.94. The van der Waals surface area contributed by atoms with Crippen molar-refractivity contribution in [1.29, 1.82) is 0 Å². The Hall–Kier alpha value is -3.83. The van der Waals surface area contributed by atoms with Gasteiger partial charge in [0.05, 0.1) is 12.7 Å². The second-order valence-corrected chi connectivity index (χ2v) is 10.8. The zero-order chi connectivity index (χ0) is 26.3. The summed E-state index contributed by atoms with van der Waals surface area (Å²) in [6.45, 7) is 4.54. The Bertz CT molecular complexity index is 1630. The number of halogens is 1. The molecule has 11 heteroatoms. The molecule has 1 fully saturated rings. The molecule has 1 amide bonds. The van der Waals surface area contributed by atoms with Crippen molar-refractivity contribution in [2.24, 2.45) is 0 Å². The number of carbonyl (C=O) groups is 1. The minimum absolute atomic E-state index is 0.00890. The molecular formula is C26H26FN5O4S. The van der Waals surface area contributed by atoms with Crippen LogP contribution in [-0.4, -0.2) is 53.4 Å². The van der Waals surface area contributed by atoms with E-state index in [4.69, 9.17) is 4.74 Å². The summed E-state index contributed by atoms with van der Waals surface area (Å²) in [5, 5.41) is 7.20. The van der Waals surface area contributed by atoms with E-state index in [2.05, 4.69) is 15.4 Å². The number of benzene rings is 2. The van der Waals surface area contributed by atoms with Crippen LogP contribution in [0.25, 0.3) is 16.8 Å². The van der Waals surface area contributed by atoms with E-state index in [-0.39, 0.29) is 22.0 Å². The summed E-state index contributed by atoms with van der Waals surface area (Å²) in [5.41, 5.74) is 2.95. The standard InChI is InChI=1S/C26H26FN5O4S/c1-16-13-17(2)32-25(28-16)23(24(30-32)26(33)29-20-8-6-7-19(27)15-20)18-9-10-21(36-3)22(14-18)37(34,35)31-11-4-5-12-31/h6-10,13-15H,4-5,11-12H2,1-3H3,(H,29,33). The fourth-order valence-electron chi connectivity index (χ4n) is 4.60. The molecule has 1 aliphatic heterocycles. The van der Waals surface area contributed by atoms with Gasteiger partial charge in [-0.05, 0) is 68.7 Å². The van der Waals surface area contributed by atoms with Crippen molar-refractivity contribution >= 4 is 27.3 Å². The highest BCUT2D eigenvalue weighted by Gasteiger charge is 2.31. The van der Waals surface area contributed by atoms with Crippen LogP contribution in [0.3, 0.4) is 0 Å². The molecule has 3 heterocycles. The SMILES string of the molecule is COc1ccc(-c2c(C(=O)Nc3cccc(F)c3)nn3c(C)cc(C)nc23)cc1S(=O)(=O)N1CCCC1. The molecule has 0 radical (unpaired) electrons. The number of hydrogen-bond donors (Lipinski definition) is 1. The highest BCUT2D eigenvalue weighted by molar-refractivity contribution is 7.89. The van der Waals surface area contributed by atoms with E-state index in [9.17, 15) is 17.6 Å². The molecule has 2 aromatic carbocycles. The quantitative estimate of drug-likeness (QED) is 0.406. The number of methoxy groups -OCH3 is 1. The van der Waals surface area contributed by atoms with E-state index in [1.165, 1.54) is 35.7 Å². The fourth-order valence-corrected chi connectivity index (χ4v) is 6.30. The lowest BCUT2D eigenvalue weighted by Crippen LogP contribution is -2.28. The lowest BCUT2D eigenvalue weighted by Gasteiger charge is -2.18. The van der Waals surface area contributed by atoms with E-state index >= 15 is 0 Å². The van der Waals surface area contributed by atoms with Crippen LogP contribution in [0.15, 0.2) is 53.4 Å². The number of nitrogens with zero attached hydrogens (tertiary/aromatic N) is 4. The molecule has 9 nitrogen and oxygen atoms in total. The predicted octanol–water partition coefficient (Wildman–Crippen LogP) is 4.20. The third kappa shape index (κ3) is 4.56. The molecule has 0 bridgehead atoms. The van der Waals surface area contributed by atoms with Gasteiger partial charge in [0.25, 0.3) is 5.91 Å². The summed E-state index contributed by atoms with van der Waals surface area (Å²) in [5.74, 6) is -0.866. The summed E-state index contributed by atoms with van der Waals surface area (Å²) in [6, 6.07) is 12.1. The monoisotopic (exact) mass is 523 g/mol. The van der Waals surface area contributed by atoms with Gasteiger partial charge in [-0.3, -0.25) is 4.79 Å². The molecule has 1 N–H and O–H groups in total. The number of aromatic nitrogens is 3. The zero-order valence-corrected chi connectivity index (χ0v) is 21.5. The normalized spacial score (nSPS) is 14.3. The van der Waals surface area contributed by atoms with Crippen molar-refractivity contribution in [2.75, 3.05) is 25.5 Å². The highest BCUT2D eigenvalue weighted by atomic mass is 32.2. The lowest BCUT2D eigenvalue weighted by atomic mass is 10.0. The zero-order valence-electron chi connectivity index (χ0n) is 20.7. The number of amides is 1. The van der Waals surface area contributed by atoms with Gasteiger partial charge in [0.1, 0.15) is 16.5 Å². The molecule has 0 spiro atoms. The van der Waals surface area contributed by atoms with Crippen LogP contribution >= 0.6 is 0 Å². The molecule has 192 valence electrons. The first-order chi connectivity index (χ1) is 17.7. The first kappa shape index (κ1) is 24.8. The van der Waals surface area contributed by atoms with Crippen molar-refractivity contribution in [3.8, 4) is 16.9 Å². The van der Waals surface area contributed by atoms with Gasteiger partial charge in [0, 0.05) is 30.2 Å². The van der Waals surface area contributed by atoms with Crippen molar-refractivity contribution < 1.29 is 22.3 Å². The minimum Gasteiger partial charge on any atom is -0.495 e. The molecule has 2 aromatic heterocycles. The van der Waals surface area contributed by atoms with Crippen molar-refractivity contribution in [3.05, 3.63) is 71.4 Å². The first-order valence-electron chi connectivity index (χ1n) is 11.8. The molecule has 5 rings (SSSR count). The number of anilines is 1. The molecule has 1 aliphatic rings. The number of hydrogen-bond acceptors (Lipinski definition) is 6. The molecule has 4 aromatic rings. The number of sulfonamides is 1. The Morgan fingerprint density at radius 1 is 1.08 bits per heavy atom. The van der Waals surface area contributed by atoms with Gasteiger partial charge < -0.3 is 10.1 Å². The average Bonchev–Trinajstić information content (AvgIpc) is 3.53. The first-order valence-corrected chi connectivity index (χ1v) is 13.3. The number of ether oxygens (including phenoxy) is 1. The smallest absolute Gasteiger partial charge is 0.276 e. The predicted molar refractivity (Wildman–Crippen MR) is 137 cm³/mol. The van der Waals surface area contributed by atoms with Gasteiger partial charge >= 0.3 is 0 Å². The number of fused-ring (bicyclic) bond motifs is 1. The minimum atomic E-state index is -3.83. The van der Waals surface area contributed by atoms with Crippen LogP contribution in [-0.2, 0) is 10.0 Å². The van der Waals surface area contributed by atoms with Crippen LogP contribution in [0.4, 0.5) is 10.1 Å². The van der Waals surface area contributed by atoms with Crippen LogP contribution in [0, 0.1) is 19.7 Å².